The number of fused-ring (bicyclic) bond motifs is 1. The summed E-state index contributed by atoms with van der Waals surface area (Å²) in [5.41, 5.74) is 2.13. The van der Waals surface area contributed by atoms with Crippen LogP contribution in [0.1, 0.15) is 23.7 Å². The molecule has 0 saturated heterocycles. The third kappa shape index (κ3) is 2.61. The molecule has 21 heavy (non-hydrogen) atoms. The fraction of sp³-hybridized carbons (Fsp3) is 0.294. The molecule has 4 nitrogen and oxygen atoms in total. The third-order valence-electron chi connectivity index (χ3n) is 3.79. The van der Waals surface area contributed by atoms with E-state index in [9.17, 15) is 5.11 Å². The number of ether oxygens (including phenoxy) is 3. The van der Waals surface area contributed by atoms with Crippen LogP contribution in [0.25, 0.3) is 0 Å². The Morgan fingerprint density at radius 1 is 1.10 bits per heavy atom. The molecule has 2 aromatic rings. The highest BCUT2D eigenvalue weighted by Gasteiger charge is 2.25. The number of rotatable bonds is 3. The van der Waals surface area contributed by atoms with Gasteiger partial charge in [-0.05, 0) is 30.5 Å². The molecule has 3 rings (SSSR count). The van der Waals surface area contributed by atoms with Crippen LogP contribution >= 0.6 is 0 Å². The number of hydrogen-bond acceptors (Lipinski definition) is 4. The Hall–Kier alpha value is -2.36. The van der Waals surface area contributed by atoms with Crippen LogP contribution in [-0.4, -0.2) is 19.3 Å². The highest BCUT2D eigenvalue weighted by atomic mass is 16.5. The second-order valence-electron chi connectivity index (χ2n) is 5.04. The lowest BCUT2D eigenvalue weighted by atomic mass is 9.96. The molecule has 1 aliphatic rings. The largest absolute Gasteiger partial charge is 0.508 e. The van der Waals surface area contributed by atoms with E-state index in [2.05, 4.69) is 0 Å². The predicted molar refractivity (Wildman–Crippen MR) is 79.3 cm³/mol. The molecule has 1 aliphatic heterocycles. The van der Waals surface area contributed by atoms with Crippen LogP contribution in [0.2, 0.25) is 0 Å². The molecule has 0 fully saturated rings. The summed E-state index contributed by atoms with van der Waals surface area (Å²) in [5.74, 6) is 2.58. The average Bonchev–Trinajstić information content (AvgIpc) is 2.53. The van der Waals surface area contributed by atoms with Gasteiger partial charge >= 0.3 is 0 Å². The van der Waals surface area contributed by atoms with Gasteiger partial charge in [-0.25, -0.2) is 0 Å². The number of phenols is 1. The Kier molecular flexibility index (Phi) is 3.60. The summed E-state index contributed by atoms with van der Waals surface area (Å²) in [6, 6.07) is 10.9. The van der Waals surface area contributed by atoms with E-state index in [0.29, 0.717) is 0 Å². The molecule has 1 heterocycles. The van der Waals surface area contributed by atoms with Gasteiger partial charge in [-0.2, -0.15) is 0 Å². The van der Waals surface area contributed by atoms with Gasteiger partial charge in [0, 0.05) is 17.7 Å². The first-order chi connectivity index (χ1) is 10.2. The first-order valence-electron chi connectivity index (χ1n) is 6.91. The Morgan fingerprint density at radius 3 is 2.52 bits per heavy atom. The molecule has 0 amide bonds. The van der Waals surface area contributed by atoms with E-state index in [0.717, 1.165) is 41.2 Å². The third-order valence-corrected chi connectivity index (χ3v) is 3.79. The molecule has 110 valence electrons. The summed E-state index contributed by atoms with van der Waals surface area (Å²) in [4.78, 5) is 0. The van der Waals surface area contributed by atoms with Gasteiger partial charge < -0.3 is 19.3 Å². The van der Waals surface area contributed by atoms with Crippen molar-refractivity contribution >= 4 is 0 Å². The zero-order chi connectivity index (χ0) is 14.8. The number of phenolic OH excluding ortho intramolecular Hbond substituents is 1. The second-order valence-corrected chi connectivity index (χ2v) is 5.04. The molecule has 2 aromatic carbocycles. The lowest BCUT2D eigenvalue weighted by molar-refractivity contribution is 0.173. The smallest absolute Gasteiger partial charge is 0.130 e. The summed E-state index contributed by atoms with van der Waals surface area (Å²) in [6.07, 6.45) is 1.74. The molecule has 0 aliphatic carbocycles. The van der Waals surface area contributed by atoms with Gasteiger partial charge in [-0.3, -0.25) is 0 Å². The fourth-order valence-corrected chi connectivity index (χ4v) is 2.66. The number of methoxy groups -OCH3 is 2. The second kappa shape index (κ2) is 5.56. The van der Waals surface area contributed by atoms with Crippen molar-refractivity contribution in [2.45, 2.75) is 18.9 Å². The highest BCUT2D eigenvalue weighted by molar-refractivity contribution is 5.52. The quantitative estimate of drug-likeness (QED) is 0.938. The molecule has 0 aromatic heterocycles. The minimum Gasteiger partial charge on any atom is -0.508 e. The van der Waals surface area contributed by atoms with E-state index < -0.39 is 0 Å². The SMILES string of the molecule is COc1cc(OC)c2c(c1)OC(c1ccc(O)cc1)CC2. The predicted octanol–water partition coefficient (Wildman–Crippen LogP) is 3.48. The summed E-state index contributed by atoms with van der Waals surface area (Å²) >= 11 is 0. The van der Waals surface area contributed by atoms with Crippen LogP contribution < -0.4 is 14.2 Å². The summed E-state index contributed by atoms with van der Waals surface area (Å²) in [5, 5.41) is 9.38. The lowest BCUT2D eigenvalue weighted by Crippen LogP contribution is -2.15. The maximum atomic E-state index is 9.38. The van der Waals surface area contributed by atoms with Gasteiger partial charge in [0.05, 0.1) is 14.2 Å². The van der Waals surface area contributed by atoms with E-state index in [4.69, 9.17) is 14.2 Å². The monoisotopic (exact) mass is 286 g/mol. The first kappa shape index (κ1) is 13.6. The van der Waals surface area contributed by atoms with Crippen molar-refractivity contribution in [2.24, 2.45) is 0 Å². The summed E-state index contributed by atoms with van der Waals surface area (Å²) in [7, 11) is 3.28. The Bertz CT molecular complexity index is 634. The van der Waals surface area contributed by atoms with Crippen LogP contribution in [0.3, 0.4) is 0 Å². The summed E-state index contributed by atoms with van der Waals surface area (Å²) < 4.78 is 16.8. The van der Waals surface area contributed by atoms with E-state index in [1.165, 1.54) is 0 Å². The van der Waals surface area contributed by atoms with E-state index >= 15 is 0 Å². The lowest BCUT2D eigenvalue weighted by Gasteiger charge is -2.28. The zero-order valence-electron chi connectivity index (χ0n) is 12.1. The maximum Gasteiger partial charge on any atom is 0.130 e. The summed E-state index contributed by atoms with van der Waals surface area (Å²) in [6.45, 7) is 0. The van der Waals surface area contributed by atoms with Crippen molar-refractivity contribution in [1.82, 2.24) is 0 Å². The van der Waals surface area contributed by atoms with E-state index in [1.54, 1.807) is 26.4 Å². The molecular weight excluding hydrogens is 268 g/mol. The molecule has 1 N–H and O–H groups in total. The maximum absolute atomic E-state index is 9.38. The van der Waals surface area contributed by atoms with Crippen molar-refractivity contribution in [3.63, 3.8) is 0 Å². The Balaban J connectivity index is 1.92. The van der Waals surface area contributed by atoms with Crippen molar-refractivity contribution < 1.29 is 19.3 Å². The van der Waals surface area contributed by atoms with E-state index in [-0.39, 0.29) is 11.9 Å². The first-order valence-corrected chi connectivity index (χ1v) is 6.91. The standard InChI is InChI=1S/C17H18O4/c1-19-13-9-16(20-2)14-7-8-15(21-17(14)10-13)11-3-5-12(18)6-4-11/h3-6,9-10,15,18H,7-8H2,1-2H3. The molecular formula is C17H18O4. The van der Waals surface area contributed by atoms with Gasteiger partial charge in [0.2, 0.25) is 0 Å². The Labute approximate surface area is 123 Å². The minimum absolute atomic E-state index is 0.0186. The van der Waals surface area contributed by atoms with Gasteiger partial charge in [0.15, 0.2) is 0 Å². The number of benzene rings is 2. The Morgan fingerprint density at radius 2 is 1.86 bits per heavy atom. The van der Waals surface area contributed by atoms with Gasteiger partial charge in [-0.15, -0.1) is 0 Å². The molecule has 1 atom stereocenters. The average molecular weight is 286 g/mol. The molecule has 0 bridgehead atoms. The van der Waals surface area contributed by atoms with Crippen molar-refractivity contribution in [3.05, 3.63) is 47.5 Å². The van der Waals surface area contributed by atoms with E-state index in [1.807, 2.05) is 24.3 Å². The normalized spacial score (nSPS) is 16.8. The van der Waals surface area contributed by atoms with Crippen molar-refractivity contribution in [2.75, 3.05) is 14.2 Å². The van der Waals surface area contributed by atoms with Crippen LogP contribution in [0.15, 0.2) is 36.4 Å². The highest BCUT2D eigenvalue weighted by Crippen LogP contribution is 2.42. The van der Waals surface area contributed by atoms with Gasteiger partial charge in [-0.1, -0.05) is 12.1 Å². The van der Waals surface area contributed by atoms with Crippen LogP contribution in [-0.2, 0) is 6.42 Å². The zero-order valence-corrected chi connectivity index (χ0v) is 12.1. The molecule has 0 spiro atoms. The topological polar surface area (TPSA) is 47.9 Å². The molecule has 0 radical (unpaired) electrons. The van der Waals surface area contributed by atoms with Crippen LogP contribution in [0.4, 0.5) is 0 Å². The van der Waals surface area contributed by atoms with Crippen LogP contribution in [0.5, 0.6) is 23.0 Å². The molecule has 4 heteroatoms. The molecule has 0 saturated carbocycles. The molecule has 1 unspecified atom stereocenters. The number of hydrogen-bond donors (Lipinski definition) is 1. The van der Waals surface area contributed by atoms with Crippen molar-refractivity contribution in [1.29, 1.82) is 0 Å². The van der Waals surface area contributed by atoms with Crippen molar-refractivity contribution in [3.8, 4) is 23.0 Å². The van der Waals surface area contributed by atoms with Crippen LogP contribution in [0, 0.1) is 0 Å². The van der Waals surface area contributed by atoms with Gasteiger partial charge in [0.25, 0.3) is 0 Å². The van der Waals surface area contributed by atoms with Gasteiger partial charge in [0.1, 0.15) is 29.1 Å². The number of aromatic hydroxyl groups is 1. The fourth-order valence-electron chi connectivity index (χ4n) is 2.66. The minimum atomic E-state index is -0.0186.